The Kier molecular flexibility index (Phi) is 6.05. The van der Waals surface area contributed by atoms with Gasteiger partial charge in [-0.25, -0.2) is 0 Å². The number of likely N-dealkylation sites (N-methyl/N-ethyl adjacent to an activating group) is 1. The van der Waals surface area contributed by atoms with Crippen molar-refractivity contribution < 1.29 is 24.2 Å². The summed E-state index contributed by atoms with van der Waals surface area (Å²) in [6.45, 7) is 5.94. The Bertz CT molecular complexity index is 1170. The lowest BCUT2D eigenvalue weighted by atomic mass is 9.74. The van der Waals surface area contributed by atoms with Crippen LogP contribution in [0.3, 0.4) is 0 Å². The van der Waals surface area contributed by atoms with Crippen molar-refractivity contribution in [3.8, 4) is 0 Å². The number of carbonyl (C=O) groups excluding carboxylic acids is 3. The van der Waals surface area contributed by atoms with Crippen LogP contribution >= 0.6 is 11.6 Å². The third-order valence-electron chi connectivity index (χ3n) is 8.15. The molecule has 2 fully saturated rings. The number of benzene rings is 1. The fraction of sp³-hybridized carbons (Fsp3) is 0.519. The molecule has 9 heteroatoms. The molecule has 0 saturated carbocycles. The maximum Gasteiger partial charge on any atom is 0.253 e. The highest BCUT2D eigenvalue weighted by Gasteiger charge is 2.75. The van der Waals surface area contributed by atoms with Crippen molar-refractivity contribution in [2.24, 2.45) is 17.8 Å². The summed E-state index contributed by atoms with van der Waals surface area (Å²) in [5, 5.41) is 10.8. The van der Waals surface area contributed by atoms with E-state index >= 15 is 0 Å². The topological polar surface area (TPSA) is 90.4 Å². The molecule has 4 aliphatic rings. The Morgan fingerprint density at radius 2 is 1.75 bits per heavy atom. The lowest BCUT2D eigenvalue weighted by Gasteiger charge is -2.41. The van der Waals surface area contributed by atoms with Gasteiger partial charge >= 0.3 is 0 Å². The van der Waals surface area contributed by atoms with E-state index in [2.05, 4.69) is 0 Å². The fourth-order valence-electron chi connectivity index (χ4n) is 6.45. The van der Waals surface area contributed by atoms with Crippen LogP contribution in [0.2, 0.25) is 5.02 Å². The van der Waals surface area contributed by atoms with Crippen LogP contribution < -0.4 is 4.90 Å². The average molecular weight is 514 g/mol. The normalized spacial score (nSPS) is 34.6. The standard InChI is InChI=1S/C27H32ClN3O5/c1-16(2)19(15-32)31-22-25(35)30(18-10-6-5-9-17(18)28)14-8-12-27(22)21(24(31)34)20-23(33)29(4)13-7-11-26(20,3)36-27/h5-12,16,19-22,32H,13-15H2,1-4H3/t19-,20-,21-,22?,26+,27-/m0/s1. The number of aliphatic hydroxyl groups is 1. The van der Waals surface area contributed by atoms with Crippen LogP contribution in [0, 0.1) is 17.8 Å². The Morgan fingerprint density at radius 1 is 1.06 bits per heavy atom. The van der Waals surface area contributed by atoms with Crippen molar-refractivity contribution in [3.63, 3.8) is 0 Å². The second-order valence-corrected chi connectivity index (χ2v) is 11.1. The van der Waals surface area contributed by atoms with Crippen LogP contribution in [-0.2, 0) is 19.1 Å². The molecule has 0 radical (unpaired) electrons. The SMILES string of the molecule is CC(C)[C@H](CO)N1C(=O)[C@@H]2[C@H]3C(=O)N(C)CC=C[C@@]3(C)O[C@@]23C=CCN(c2ccccc2Cl)C(=O)C13. The number of hydrogen-bond acceptors (Lipinski definition) is 5. The van der Waals surface area contributed by atoms with Crippen LogP contribution in [0.25, 0.3) is 0 Å². The number of para-hydroxylation sites is 1. The van der Waals surface area contributed by atoms with E-state index in [1.54, 1.807) is 47.2 Å². The first-order valence-corrected chi connectivity index (χ1v) is 12.7. The van der Waals surface area contributed by atoms with Gasteiger partial charge < -0.3 is 24.5 Å². The quantitative estimate of drug-likeness (QED) is 0.624. The van der Waals surface area contributed by atoms with E-state index in [1.165, 1.54) is 4.90 Å². The van der Waals surface area contributed by atoms with Gasteiger partial charge in [-0.1, -0.05) is 61.9 Å². The predicted octanol–water partition coefficient (Wildman–Crippen LogP) is 2.26. The van der Waals surface area contributed by atoms with Gasteiger partial charge in [0.1, 0.15) is 11.6 Å². The van der Waals surface area contributed by atoms with E-state index in [9.17, 15) is 19.5 Å². The number of hydrogen-bond donors (Lipinski definition) is 1. The van der Waals surface area contributed by atoms with Crippen molar-refractivity contribution in [2.45, 2.75) is 44.1 Å². The van der Waals surface area contributed by atoms with Crippen molar-refractivity contribution in [3.05, 3.63) is 53.6 Å². The summed E-state index contributed by atoms with van der Waals surface area (Å²) in [6, 6.07) is 5.37. The van der Waals surface area contributed by atoms with Crippen LogP contribution in [-0.4, -0.2) is 82.7 Å². The van der Waals surface area contributed by atoms with Crippen LogP contribution in [0.5, 0.6) is 0 Å². The number of likely N-dealkylation sites (tertiary alicyclic amines) is 1. The minimum absolute atomic E-state index is 0.137. The predicted molar refractivity (Wildman–Crippen MR) is 135 cm³/mol. The van der Waals surface area contributed by atoms with Gasteiger partial charge in [-0.05, 0) is 25.0 Å². The monoisotopic (exact) mass is 513 g/mol. The van der Waals surface area contributed by atoms with Gasteiger partial charge in [-0.15, -0.1) is 0 Å². The van der Waals surface area contributed by atoms with Gasteiger partial charge in [-0.3, -0.25) is 14.4 Å². The summed E-state index contributed by atoms with van der Waals surface area (Å²) in [6.07, 6.45) is 7.34. The summed E-state index contributed by atoms with van der Waals surface area (Å²) < 4.78 is 6.76. The summed E-state index contributed by atoms with van der Waals surface area (Å²) in [7, 11) is 1.70. The fourth-order valence-corrected chi connectivity index (χ4v) is 6.68. The molecule has 5 rings (SSSR count). The molecule has 192 valence electrons. The lowest BCUT2D eigenvalue weighted by molar-refractivity contribution is -0.151. The Morgan fingerprint density at radius 3 is 2.42 bits per heavy atom. The Balaban J connectivity index is 1.71. The number of carbonyl (C=O) groups is 3. The molecular formula is C27H32ClN3O5. The maximum atomic E-state index is 14.4. The van der Waals surface area contributed by atoms with Gasteiger partial charge in [0, 0.05) is 20.1 Å². The van der Waals surface area contributed by atoms with Crippen molar-refractivity contribution >= 4 is 35.0 Å². The number of rotatable bonds is 4. The van der Waals surface area contributed by atoms with E-state index in [-0.39, 0.29) is 36.8 Å². The zero-order valence-electron chi connectivity index (χ0n) is 20.9. The molecule has 1 aromatic carbocycles. The molecule has 4 aliphatic heterocycles. The first-order chi connectivity index (χ1) is 17.1. The molecule has 1 unspecified atom stereocenters. The lowest BCUT2D eigenvalue weighted by Crippen LogP contribution is -2.59. The van der Waals surface area contributed by atoms with Gasteiger partial charge in [0.15, 0.2) is 0 Å². The molecule has 0 bridgehead atoms. The molecular weight excluding hydrogens is 482 g/mol. The van der Waals surface area contributed by atoms with Gasteiger partial charge in [0.05, 0.1) is 40.8 Å². The van der Waals surface area contributed by atoms with Gasteiger partial charge in [-0.2, -0.15) is 0 Å². The second-order valence-electron chi connectivity index (χ2n) is 10.7. The molecule has 36 heavy (non-hydrogen) atoms. The highest BCUT2D eigenvalue weighted by atomic mass is 35.5. The van der Waals surface area contributed by atoms with E-state index in [1.807, 2.05) is 39.0 Å². The third-order valence-corrected chi connectivity index (χ3v) is 8.47. The zero-order valence-corrected chi connectivity index (χ0v) is 21.7. The summed E-state index contributed by atoms with van der Waals surface area (Å²) >= 11 is 6.48. The highest BCUT2D eigenvalue weighted by Crippen LogP contribution is 2.58. The van der Waals surface area contributed by atoms with Crippen LogP contribution in [0.15, 0.2) is 48.6 Å². The number of anilines is 1. The number of amides is 3. The number of ether oxygens (including phenoxy) is 1. The highest BCUT2D eigenvalue weighted by molar-refractivity contribution is 6.34. The van der Waals surface area contributed by atoms with E-state index < -0.39 is 35.1 Å². The zero-order chi connectivity index (χ0) is 26.0. The van der Waals surface area contributed by atoms with Crippen molar-refractivity contribution in [1.29, 1.82) is 0 Å². The van der Waals surface area contributed by atoms with Crippen molar-refractivity contribution in [2.75, 3.05) is 31.6 Å². The maximum absolute atomic E-state index is 14.4. The smallest absolute Gasteiger partial charge is 0.253 e. The summed E-state index contributed by atoms with van der Waals surface area (Å²) in [5.41, 5.74) is -1.91. The van der Waals surface area contributed by atoms with E-state index in [0.29, 0.717) is 17.3 Å². The minimum Gasteiger partial charge on any atom is -0.394 e. The summed E-state index contributed by atoms with van der Waals surface area (Å²) in [4.78, 5) is 46.9. The second kappa shape index (κ2) is 8.71. The number of aliphatic hydroxyl groups excluding tert-OH is 1. The number of nitrogens with zero attached hydrogens (tertiary/aromatic N) is 3. The average Bonchev–Trinajstić information content (AvgIpc) is 3.10. The molecule has 0 aliphatic carbocycles. The molecule has 1 spiro atoms. The Hall–Kier alpha value is -2.68. The molecule has 3 amide bonds. The molecule has 1 N–H and O–H groups in total. The first-order valence-electron chi connectivity index (χ1n) is 12.4. The van der Waals surface area contributed by atoms with Gasteiger partial charge in [0.25, 0.3) is 5.91 Å². The number of halogens is 1. The van der Waals surface area contributed by atoms with E-state index in [0.717, 1.165) is 0 Å². The molecule has 0 aromatic heterocycles. The molecule has 8 nitrogen and oxygen atoms in total. The molecule has 1 aromatic rings. The molecule has 6 atom stereocenters. The van der Waals surface area contributed by atoms with Crippen molar-refractivity contribution in [1.82, 2.24) is 9.80 Å². The molecule has 4 heterocycles. The Labute approximate surface area is 216 Å². The molecule has 2 saturated heterocycles. The first kappa shape index (κ1) is 25.0. The number of fused-ring (bicyclic) bond motifs is 2. The largest absolute Gasteiger partial charge is 0.394 e. The summed E-state index contributed by atoms with van der Waals surface area (Å²) in [5.74, 6) is -2.76. The van der Waals surface area contributed by atoms with Gasteiger partial charge in [0.2, 0.25) is 11.8 Å². The minimum atomic E-state index is -1.37. The van der Waals surface area contributed by atoms with Crippen LogP contribution in [0.4, 0.5) is 5.69 Å². The third kappa shape index (κ3) is 3.38. The van der Waals surface area contributed by atoms with Crippen LogP contribution in [0.1, 0.15) is 20.8 Å². The van der Waals surface area contributed by atoms with E-state index in [4.69, 9.17) is 16.3 Å².